The molecule has 2 N–H and O–H groups in total. The van der Waals surface area contributed by atoms with Gasteiger partial charge in [0, 0.05) is 24.4 Å². The Balaban J connectivity index is 1.52. The van der Waals surface area contributed by atoms with Gasteiger partial charge in [-0.25, -0.2) is 0 Å². The van der Waals surface area contributed by atoms with Crippen LogP contribution in [-0.4, -0.2) is 37.3 Å². The molecule has 2 aliphatic rings. The minimum Gasteiger partial charge on any atom is -0.373 e. The maximum atomic E-state index is 5.95. The molecule has 3 unspecified atom stereocenters. The number of fused-ring (bicyclic) bond motifs is 2. The fraction of sp³-hybridized carbons (Fsp3) is 0.667. The van der Waals surface area contributed by atoms with Gasteiger partial charge in [0.15, 0.2) is 5.96 Å². The summed E-state index contributed by atoms with van der Waals surface area (Å²) in [5, 5.41) is 6.85. The second-order valence-electron chi connectivity index (χ2n) is 5.58. The predicted octanol–water partition coefficient (Wildman–Crippen LogP) is 2.82. The third-order valence-corrected chi connectivity index (χ3v) is 5.32. The van der Waals surface area contributed by atoms with E-state index in [1.165, 1.54) is 17.7 Å². The van der Waals surface area contributed by atoms with Crippen molar-refractivity contribution in [3.05, 3.63) is 21.3 Å². The van der Waals surface area contributed by atoms with Crippen LogP contribution in [0.3, 0.4) is 0 Å². The van der Waals surface area contributed by atoms with Crippen molar-refractivity contribution < 1.29 is 4.74 Å². The number of hydrogen-bond donors (Lipinski definition) is 2. The summed E-state index contributed by atoms with van der Waals surface area (Å²) in [6.45, 7) is 3.74. The topological polar surface area (TPSA) is 45.7 Å². The molecule has 21 heavy (non-hydrogen) atoms. The van der Waals surface area contributed by atoms with E-state index in [0.717, 1.165) is 36.2 Å². The highest BCUT2D eigenvalue weighted by Crippen LogP contribution is 2.34. The van der Waals surface area contributed by atoms with Gasteiger partial charge in [0.2, 0.25) is 0 Å². The van der Waals surface area contributed by atoms with Gasteiger partial charge in [0.1, 0.15) is 0 Å². The third kappa shape index (κ3) is 3.90. The summed E-state index contributed by atoms with van der Waals surface area (Å²) in [4.78, 5) is 5.95. The summed E-state index contributed by atoms with van der Waals surface area (Å²) < 4.78 is 6.73. The van der Waals surface area contributed by atoms with Crippen LogP contribution in [0.25, 0.3) is 0 Å². The van der Waals surface area contributed by atoms with Gasteiger partial charge in [0.05, 0.1) is 22.6 Å². The van der Waals surface area contributed by atoms with Gasteiger partial charge >= 0.3 is 0 Å². The highest BCUT2D eigenvalue weighted by Gasteiger charge is 2.41. The van der Waals surface area contributed by atoms with Gasteiger partial charge in [-0.3, -0.25) is 4.99 Å². The van der Waals surface area contributed by atoms with Gasteiger partial charge in [-0.1, -0.05) is 11.6 Å². The first kappa shape index (κ1) is 15.1. The largest absolute Gasteiger partial charge is 0.373 e. The number of thiophene rings is 1. The zero-order chi connectivity index (χ0) is 14.7. The van der Waals surface area contributed by atoms with Crippen molar-refractivity contribution in [2.75, 3.05) is 13.1 Å². The van der Waals surface area contributed by atoms with E-state index in [9.17, 15) is 0 Å². The number of aliphatic imine (C=N–C) groups is 1. The second kappa shape index (κ2) is 6.99. The molecule has 116 valence electrons. The summed E-state index contributed by atoms with van der Waals surface area (Å²) in [5.74, 6) is 0.904. The van der Waals surface area contributed by atoms with Crippen molar-refractivity contribution in [2.24, 2.45) is 4.99 Å². The molecule has 2 bridgehead atoms. The van der Waals surface area contributed by atoms with Gasteiger partial charge < -0.3 is 15.4 Å². The molecule has 0 aromatic carbocycles. The SMILES string of the molecule is CCNC(=NCCc1ccc(Cl)s1)NC1CC2CCC1O2. The van der Waals surface area contributed by atoms with Crippen molar-refractivity contribution in [3.8, 4) is 0 Å². The first-order valence-corrected chi connectivity index (χ1v) is 8.88. The maximum absolute atomic E-state index is 5.95. The normalized spacial score (nSPS) is 28.1. The molecule has 1 aromatic heterocycles. The van der Waals surface area contributed by atoms with Gasteiger partial charge in [-0.2, -0.15) is 0 Å². The lowest BCUT2D eigenvalue weighted by Gasteiger charge is -2.22. The molecule has 2 aliphatic heterocycles. The zero-order valence-corrected chi connectivity index (χ0v) is 13.8. The summed E-state index contributed by atoms with van der Waals surface area (Å²) in [5.41, 5.74) is 0. The Labute approximate surface area is 134 Å². The minimum absolute atomic E-state index is 0.370. The fourth-order valence-corrected chi connectivity index (χ4v) is 4.13. The average molecular weight is 328 g/mol. The lowest BCUT2D eigenvalue weighted by molar-refractivity contribution is 0.0992. The molecular weight excluding hydrogens is 306 g/mol. The van der Waals surface area contributed by atoms with Crippen molar-refractivity contribution in [2.45, 2.75) is 50.9 Å². The first-order chi connectivity index (χ1) is 10.2. The number of ether oxygens (including phenoxy) is 1. The Morgan fingerprint density at radius 3 is 3.00 bits per heavy atom. The van der Waals surface area contributed by atoms with Crippen LogP contribution in [-0.2, 0) is 11.2 Å². The van der Waals surface area contributed by atoms with Crippen LogP contribution in [0.1, 0.15) is 31.1 Å². The Morgan fingerprint density at radius 2 is 2.38 bits per heavy atom. The first-order valence-electron chi connectivity index (χ1n) is 7.69. The van der Waals surface area contributed by atoms with E-state index in [4.69, 9.17) is 16.3 Å². The lowest BCUT2D eigenvalue weighted by atomic mass is 9.96. The molecule has 3 rings (SSSR count). The number of nitrogens with one attached hydrogen (secondary N) is 2. The molecule has 6 heteroatoms. The Kier molecular flexibility index (Phi) is 5.03. The van der Waals surface area contributed by atoms with Gasteiger partial charge in [-0.05, 0) is 38.3 Å². The molecule has 1 aromatic rings. The average Bonchev–Trinajstić information content (AvgIpc) is 3.16. The maximum Gasteiger partial charge on any atom is 0.191 e. The van der Waals surface area contributed by atoms with Gasteiger partial charge in [-0.15, -0.1) is 11.3 Å². The fourth-order valence-electron chi connectivity index (χ4n) is 3.05. The Hall–Kier alpha value is -0.780. The summed E-state index contributed by atoms with van der Waals surface area (Å²) in [6, 6.07) is 4.44. The van der Waals surface area contributed by atoms with Crippen molar-refractivity contribution in [1.82, 2.24) is 10.6 Å². The number of halogens is 1. The van der Waals surface area contributed by atoms with E-state index in [-0.39, 0.29) is 0 Å². The summed E-state index contributed by atoms with van der Waals surface area (Å²) in [7, 11) is 0. The monoisotopic (exact) mass is 327 g/mol. The Morgan fingerprint density at radius 1 is 1.48 bits per heavy atom. The molecule has 0 amide bonds. The van der Waals surface area contributed by atoms with Crippen molar-refractivity contribution >= 4 is 28.9 Å². The highest BCUT2D eigenvalue weighted by molar-refractivity contribution is 7.16. The van der Waals surface area contributed by atoms with Crippen LogP contribution < -0.4 is 10.6 Å². The molecule has 0 aliphatic carbocycles. The van der Waals surface area contributed by atoms with E-state index >= 15 is 0 Å². The summed E-state index contributed by atoms with van der Waals surface area (Å²) >= 11 is 7.58. The Bertz CT molecular complexity index is 505. The van der Waals surface area contributed by atoms with Crippen LogP contribution in [0.4, 0.5) is 0 Å². The molecule has 2 saturated heterocycles. The van der Waals surface area contributed by atoms with E-state index in [0.29, 0.717) is 18.2 Å². The lowest BCUT2D eigenvalue weighted by Crippen LogP contribution is -2.47. The summed E-state index contributed by atoms with van der Waals surface area (Å²) in [6.07, 6.45) is 5.26. The van der Waals surface area contributed by atoms with Crippen LogP contribution in [0.5, 0.6) is 0 Å². The second-order valence-corrected chi connectivity index (χ2v) is 7.38. The van der Waals surface area contributed by atoms with Crippen LogP contribution in [0.15, 0.2) is 17.1 Å². The quantitative estimate of drug-likeness (QED) is 0.645. The third-order valence-electron chi connectivity index (χ3n) is 4.03. The molecule has 0 saturated carbocycles. The van der Waals surface area contributed by atoms with Crippen molar-refractivity contribution in [3.63, 3.8) is 0 Å². The highest BCUT2D eigenvalue weighted by atomic mass is 35.5. The molecule has 2 fully saturated rings. The molecule has 4 nitrogen and oxygen atoms in total. The van der Waals surface area contributed by atoms with E-state index in [2.05, 4.69) is 28.6 Å². The van der Waals surface area contributed by atoms with E-state index in [1.54, 1.807) is 11.3 Å². The van der Waals surface area contributed by atoms with E-state index < -0.39 is 0 Å². The number of guanidine groups is 1. The molecule has 3 atom stereocenters. The van der Waals surface area contributed by atoms with Crippen LogP contribution in [0, 0.1) is 0 Å². The minimum atomic E-state index is 0.370. The van der Waals surface area contributed by atoms with Gasteiger partial charge in [0.25, 0.3) is 0 Å². The number of nitrogens with zero attached hydrogens (tertiary/aromatic N) is 1. The van der Waals surface area contributed by atoms with Crippen molar-refractivity contribution in [1.29, 1.82) is 0 Å². The molecule has 0 radical (unpaired) electrons. The molecular formula is C15H22ClN3OS. The molecule has 3 heterocycles. The standard InChI is InChI=1S/C15H22ClN3OS/c1-2-17-15(18-8-7-11-4-6-14(16)21-11)19-12-9-10-3-5-13(12)20-10/h4,6,10,12-13H,2-3,5,7-9H2,1H3,(H2,17,18,19). The zero-order valence-electron chi connectivity index (χ0n) is 12.3. The number of hydrogen-bond acceptors (Lipinski definition) is 3. The molecule has 0 spiro atoms. The number of rotatable bonds is 5. The smallest absolute Gasteiger partial charge is 0.191 e. The predicted molar refractivity (Wildman–Crippen MR) is 88.4 cm³/mol. The van der Waals surface area contributed by atoms with Crippen LogP contribution in [0.2, 0.25) is 4.34 Å². The van der Waals surface area contributed by atoms with Crippen LogP contribution >= 0.6 is 22.9 Å². The van der Waals surface area contributed by atoms with E-state index in [1.807, 2.05) is 6.07 Å².